The number of nitrogens with two attached hydrogens (primary N) is 1. The molecule has 0 aromatic rings. The quantitative estimate of drug-likeness (QED) is 0.622. The molecule has 1 amide bonds. The normalized spacial score (nSPS) is 12.7. The molecule has 0 aliphatic carbocycles. The summed E-state index contributed by atoms with van der Waals surface area (Å²) in [6.45, 7) is 3.42. The molecule has 0 spiro atoms. The minimum atomic E-state index is -0.0909. The molecule has 72 valence electrons. The zero-order valence-electron chi connectivity index (χ0n) is 8.04. The van der Waals surface area contributed by atoms with Gasteiger partial charge in [0.25, 0.3) is 0 Å². The maximum Gasteiger partial charge on any atom is 0.226 e. The summed E-state index contributed by atoms with van der Waals surface area (Å²) in [5, 5.41) is 0. The summed E-state index contributed by atoms with van der Waals surface area (Å²) in [4.78, 5) is 13.0. The van der Waals surface area contributed by atoms with E-state index in [2.05, 4.69) is 0 Å². The van der Waals surface area contributed by atoms with Gasteiger partial charge in [0.1, 0.15) is 0 Å². The lowest BCUT2D eigenvalue weighted by molar-refractivity contribution is -0.133. The maximum atomic E-state index is 11.4. The summed E-state index contributed by atoms with van der Waals surface area (Å²) in [7, 11) is 3.37. The number of rotatable bonds is 5. The zero-order chi connectivity index (χ0) is 9.56. The van der Waals surface area contributed by atoms with Crippen LogP contribution in [0, 0.1) is 5.92 Å². The van der Waals surface area contributed by atoms with Crippen LogP contribution < -0.4 is 5.73 Å². The fourth-order valence-electron chi connectivity index (χ4n) is 0.815. The summed E-state index contributed by atoms with van der Waals surface area (Å²) >= 11 is 0. The first-order valence-electron chi connectivity index (χ1n) is 4.07. The molecule has 4 heteroatoms. The average Bonchev–Trinajstić information content (AvgIpc) is 2.11. The van der Waals surface area contributed by atoms with E-state index in [1.54, 1.807) is 19.1 Å². The zero-order valence-corrected chi connectivity index (χ0v) is 8.04. The third-order valence-electron chi connectivity index (χ3n) is 1.78. The monoisotopic (exact) mass is 174 g/mol. The minimum Gasteiger partial charge on any atom is -0.383 e. The standard InChI is InChI=1S/C8H18N2O2/c1-7(6-9)8(11)10(2)4-5-12-3/h7H,4-6,9H2,1-3H3. The number of amides is 1. The van der Waals surface area contributed by atoms with Crippen molar-refractivity contribution in [2.45, 2.75) is 6.92 Å². The smallest absolute Gasteiger partial charge is 0.226 e. The van der Waals surface area contributed by atoms with Crippen molar-refractivity contribution in [3.8, 4) is 0 Å². The Labute approximate surface area is 73.7 Å². The lowest BCUT2D eigenvalue weighted by Crippen LogP contribution is -2.36. The van der Waals surface area contributed by atoms with E-state index in [9.17, 15) is 4.79 Å². The molecular formula is C8H18N2O2. The third-order valence-corrected chi connectivity index (χ3v) is 1.78. The van der Waals surface area contributed by atoms with E-state index in [1.165, 1.54) is 0 Å². The van der Waals surface area contributed by atoms with Gasteiger partial charge in [-0.25, -0.2) is 0 Å². The number of nitrogens with zero attached hydrogens (tertiary/aromatic N) is 1. The van der Waals surface area contributed by atoms with Gasteiger partial charge in [-0.1, -0.05) is 6.92 Å². The number of ether oxygens (including phenoxy) is 1. The Morgan fingerprint density at radius 1 is 1.67 bits per heavy atom. The highest BCUT2D eigenvalue weighted by atomic mass is 16.5. The van der Waals surface area contributed by atoms with Crippen molar-refractivity contribution in [3.63, 3.8) is 0 Å². The molecule has 0 aliphatic heterocycles. The second kappa shape index (κ2) is 5.97. The Bertz CT molecular complexity index is 139. The predicted molar refractivity (Wildman–Crippen MR) is 47.7 cm³/mol. The van der Waals surface area contributed by atoms with E-state index >= 15 is 0 Å². The van der Waals surface area contributed by atoms with Gasteiger partial charge >= 0.3 is 0 Å². The van der Waals surface area contributed by atoms with E-state index in [1.807, 2.05) is 6.92 Å². The molecule has 0 heterocycles. The molecule has 12 heavy (non-hydrogen) atoms. The van der Waals surface area contributed by atoms with E-state index in [-0.39, 0.29) is 11.8 Å². The molecule has 0 aromatic heterocycles. The van der Waals surface area contributed by atoms with Crippen LogP contribution in [-0.4, -0.2) is 44.7 Å². The highest BCUT2D eigenvalue weighted by Crippen LogP contribution is 1.97. The summed E-state index contributed by atoms with van der Waals surface area (Å²) < 4.78 is 4.85. The van der Waals surface area contributed by atoms with Crippen LogP contribution in [0.15, 0.2) is 0 Å². The predicted octanol–water partition coefficient (Wildman–Crippen LogP) is -0.314. The Morgan fingerprint density at radius 3 is 2.67 bits per heavy atom. The van der Waals surface area contributed by atoms with Gasteiger partial charge in [-0.05, 0) is 0 Å². The minimum absolute atomic E-state index is 0.0783. The van der Waals surface area contributed by atoms with Gasteiger partial charge in [-0.3, -0.25) is 4.79 Å². The van der Waals surface area contributed by atoms with Gasteiger partial charge in [0.15, 0.2) is 0 Å². The fourth-order valence-corrected chi connectivity index (χ4v) is 0.815. The molecule has 0 aromatic carbocycles. The van der Waals surface area contributed by atoms with Gasteiger partial charge in [0, 0.05) is 33.2 Å². The van der Waals surface area contributed by atoms with Gasteiger partial charge in [-0.15, -0.1) is 0 Å². The molecule has 0 saturated heterocycles. The van der Waals surface area contributed by atoms with Crippen LogP contribution in [0.25, 0.3) is 0 Å². The molecule has 4 nitrogen and oxygen atoms in total. The average molecular weight is 174 g/mol. The van der Waals surface area contributed by atoms with Crippen LogP contribution in [0.3, 0.4) is 0 Å². The van der Waals surface area contributed by atoms with E-state index in [0.717, 1.165) is 0 Å². The van der Waals surface area contributed by atoms with Crippen LogP contribution in [0.2, 0.25) is 0 Å². The molecule has 0 rings (SSSR count). The lowest BCUT2D eigenvalue weighted by Gasteiger charge is -2.19. The number of carbonyl (C=O) groups is 1. The molecule has 0 bridgehead atoms. The Hall–Kier alpha value is -0.610. The first-order valence-corrected chi connectivity index (χ1v) is 4.07. The van der Waals surface area contributed by atoms with Crippen molar-refractivity contribution < 1.29 is 9.53 Å². The molecule has 0 saturated carbocycles. The van der Waals surface area contributed by atoms with Gasteiger partial charge in [0.05, 0.1) is 6.61 Å². The summed E-state index contributed by atoms with van der Waals surface area (Å²) in [6.07, 6.45) is 0. The van der Waals surface area contributed by atoms with Crippen molar-refractivity contribution in [2.75, 3.05) is 33.9 Å². The number of hydrogen-bond acceptors (Lipinski definition) is 3. The highest BCUT2D eigenvalue weighted by molar-refractivity contribution is 5.78. The van der Waals surface area contributed by atoms with E-state index in [4.69, 9.17) is 10.5 Å². The Morgan fingerprint density at radius 2 is 2.25 bits per heavy atom. The second-order valence-electron chi connectivity index (χ2n) is 2.89. The maximum absolute atomic E-state index is 11.4. The fraction of sp³-hybridized carbons (Fsp3) is 0.875. The first kappa shape index (κ1) is 11.4. The van der Waals surface area contributed by atoms with E-state index < -0.39 is 0 Å². The second-order valence-corrected chi connectivity index (χ2v) is 2.89. The first-order chi connectivity index (χ1) is 5.63. The molecule has 0 aliphatic rings. The molecular weight excluding hydrogens is 156 g/mol. The Balaban J connectivity index is 3.75. The van der Waals surface area contributed by atoms with Crippen LogP contribution in [0.1, 0.15) is 6.92 Å². The van der Waals surface area contributed by atoms with Crippen LogP contribution in [-0.2, 0) is 9.53 Å². The largest absolute Gasteiger partial charge is 0.383 e. The molecule has 1 atom stereocenters. The van der Waals surface area contributed by atoms with Crippen molar-refractivity contribution >= 4 is 5.91 Å². The topological polar surface area (TPSA) is 55.6 Å². The van der Waals surface area contributed by atoms with Gasteiger partial charge in [-0.2, -0.15) is 0 Å². The summed E-state index contributed by atoms with van der Waals surface area (Å²) in [6, 6.07) is 0. The van der Waals surface area contributed by atoms with E-state index in [0.29, 0.717) is 19.7 Å². The Kier molecular flexibility index (Phi) is 5.66. The molecule has 1 unspecified atom stereocenters. The lowest BCUT2D eigenvalue weighted by atomic mass is 10.1. The number of carbonyl (C=O) groups excluding carboxylic acids is 1. The number of likely N-dealkylation sites (N-methyl/N-ethyl adjacent to an activating group) is 1. The van der Waals surface area contributed by atoms with Crippen molar-refractivity contribution in [3.05, 3.63) is 0 Å². The van der Waals surface area contributed by atoms with Crippen LogP contribution in [0.5, 0.6) is 0 Å². The summed E-state index contributed by atoms with van der Waals surface area (Å²) in [5.74, 6) is -0.0126. The van der Waals surface area contributed by atoms with Crippen molar-refractivity contribution in [1.82, 2.24) is 4.90 Å². The van der Waals surface area contributed by atoms with Crippen molar-refractivity contribution in [2.24, 2.45) is 11.7 Å². The van der Waals surface area contributed by atoms with Gasteiger partial charge < -0.3 is 15.4 Å². The number of methoxy groups -OCH3 is 1. The number of hydrogen-bond donors (Lipinski definition) is 1. The van der Waals surface area contributed by atoms with Crippen molar-refractivity contribution in [1.29, 1.82) is 0 Å². The highest BCUT2D eigenvalue weighted by Gasteiger charge is 2.14. The third kappa shape index (κ3) is 3.69. The molecule has 0 fully saturated rings. The SMILES string of the molecule is COCCN(C)C(=O)C(C)CN. The van der Waals surface area contributed by atoms with Crippen LogP contribution >= 0.6 is 0 Å². The summed E-state index contributed by atoms with van der Waals surface area (Å²) in [5.41, 5.74) is 5.36. The molecule has 0 radical (unpaired) electrons. The van der Waals surface area contributed by atoms with Gasteiger partial charge in [0.2, 0.25) is 5.91 Å². The molecule has 2 N–H and O–H groups in total. The van der Waals surface area contributed by atoms with Crippen LogP contribution in [0.4, 0.5) is 0 Å².